The number of aliphatic imine (C=N–C) groups is 1. The number of anilines is 2. The Bertz CT molecular complexity index is 1190. The van der Waals surface area contributed by atoms with Gasteiger partial charge in [0.15, 0.2) is 0 Å². The predicted molar refractivity (Wildman–Crippen MR) is 134 cm³/mol. The molecule has 1 amide bonds. The average molecular weight is 446 g/mol. The van der Waals surface area contributed by atoms with Crippen molar-refractivity contribution in [2.24, 2.45) is 4.99 Å². The van der Waals surface area contributed by atoms with Crippen LogP contribution in [0, 0.1) is 0 Å². The van der Waals surface area contributed by atoms with Gasteiger partial charge in [-0.1, -0.05) is 19.9 Å². The summed E-state index contributed by atoms with van der Waals surface area (Å²) in [5.74, 6) is 0.544. The van der Waals surface area contributed by atoms with Gasteiger partial charge in [0.1, 0.15) is 5.69 Å². The lowest BCUT2D eigenvalue weighted by molar-refractivity contribution is 0.0291. The Kier molecular flexibility index (Phi) is 6.84. The molecule has 3 heterocycles. The predicted octanol–water partition coefficient (Wildman–Crippen LogP) is 4.32. The van der Waals surface area contributed by atoms with Crippen LogP contribution in [0.25, 0.3) is 16.6 Å². The first-order valence-corrected chi connectivity index (χ1v) is 11.5. The zero-order chi connectivity index (χ0) is 23.4. The van der Waals surface area contributed by atoms with Crippen LogP contribution in [0.15, 0.2) is 47.6 Å². The molecule has 8 heteroatoms. The molecule has 0 aliphatic carbocycles. The SMILES string of the molecule is CC=N/C(=C\C)c1ccnc(Nc2ccc3[nH]c(C(=O)N4CC(N(CC)CC)C4)cc3c2)n1. The van der Waals surface area contributed by atoms with Crippen molar-refractivity contribution in [3.63, 3.8) is 0 Å². The topological polar surface area (TPSA) is 89.5 Å². The van der Waals surface area contributed by atoms with Crippen LogP contribution in [0.5, 0.6) is 0 Å². The molecule has 0 bridgehead atoms. The van der Waals surface area contributed by atoms with Crippen molar-refractivity contribution >= 4 is 40.4 Å². The summed E-state index contributed by atoms with van der Waals surface area (Å²) in [6, 6.07) is 10.1. The number of aromatic nitrogens is 3. The summed E-state index contributed by atoms with van der Waals surface area (Å²) in [5, 5.41) is 4.22. The maximum atomic E-state index is 12.9. The molecule has 0 spiro atoms. The zero-order valence-electron chi connectivity index (χ0n) is 19.7. The van der Waals surface area contributed by atoms with Gasteiger partial charge in [0.25, 0.3) is 5.91 Å². The third-order valence-electron chi connectivity index (χ3n) is 6.05. The van der Waals surface area contributed by atoms with Gasteiger partial charge in [-0.05, 0) is 57.3 Å². The van der Waals surface area contributed by atoms with Crippen LogP contribution < -0.4 is 5.32 Å². The van der Waals surface area contributed by atoms with E-state index in [1.165, 1.54) is 0 Å². The third kappa shape index (κ3) is 4.80. The summed E-state index contributed by atoms with van der Waals surface area (Å²) in [6.07, 6.45) is 5.37. The number of allylic oxidation sites excluding steroid dienone is 1. The van der Waals surface area contributed by atoms with E-state index in [2.05, 4.69) is 44.0 Å². The Morgan fingerprint density at radius 1 is 1.24 bits per heavy atom. The smallest absolute Gasteiger partial charge is 0.270 e. The Balaban J connectivity index is 1.47. The molecule has 0 atom stereocenters. The Hall–Kier alpha value is -3.52. The molecule has 0 radical (unpaired) electrons. The van der Waals surface area contributed by atoms with Crippen LogP contribution in [-0.4, -0.2) is 69.1 Å². The molecule has 1 fully saturated rings. The molecule has 33 heavy (non-hydrogen) atoms. The van der Waals surface area contributed by atoms with E-state index in [-0.39, 0.29) is 5.91 Å². The monoisotopic (exact) mass is 445 g/mol. The molecule has 4 rings (SSSR count). The highest BCUT2D eigenvalue weighted by Gasteiger charge is 2.34. The highest BCUT2D eigenvalue weighted by molar-refractivity contribution is 5.99. The summed E-state index contributed by atoms with van der Waals surface area (Å²) >= 11 is 0. The zero-order valence-corrected chi connectivity index (χ0v) is 19.7. The molecule has 2 N–H and O–H groups in total. The van der Waals surface area contributed by atoms with E-state index >= 15 is 0 Å². The second-order valence-electron chi connectivity index (χ2n) is 8.02. The fourth-order valence-corrected chi connectivity index (χ4v) is 4.21. The standard InChI is InChI=1S/C25H31N7O/c1-5-20(26-6-2)22-11-12-27-25(30-22)28-18-9-10-21-17(13-18)14-23(29-21)24(33)32-15-19(16-32)31(7-3)8-4/h5-6,9-14,19,29H,7-8,15-16H2,1-4H3,(H,27,28,30)/b20-5-,26-6?. The second-order valence-corrected chi connectivity index (χ2v) is 8.02. The van der Waals surface area contributed by atoms with Crippen LogP contribution in [0.1, 0.15) is 43.9 Å². The summed E-state index contributed by atoms with van der Waals surface area (Å²) in [7, 11) is 0. The van der Waals surface area contributed by atoms with Crippen LogP contribution in [0.4, 0.5) is 11.6 Å². The number of aromatic amines is 1. The first kappa shape index (κ1) is 22.7. The maximum absolute atomic E-state index is 12.9. The van der Waals surface area contributed by atoms with E-state index < -0.39 is 0 Å². The highest BCUT2D eigenvalue weighted by Crippen LogP contribution is 2.25. The molecule has 1 aliphatic heterocycles. The number of amides is 1. The molecular formula is C25H31N7O. The van der Waals surface area contributed by atoms with Crippen LogP contribution in [0.2, 0.25) is 0 Å². The second kappa shape index (κ2) is 9.95. The number of carbonyl (C=O) groups is 1. The number of nitrogens with one attached hydrogen (secondary N) is 2. The first-order chi connectivity index (χ1) is 16.1. The van der Waals surface area contributed by atoms with Gasteiger partial charge < -0.3 is 15.2 Å². The average Bonchev–Trinajstić information content (AvgIpc) is 3.23. The Labute approximate surface area is 194 Å². The first-order valence-electron chi connectivity index (χ1n) is 11.5. The molecule has 3 aromatic rings. The van der Waals surface area contributed by atoms with Crippen molar-refractivity contribution in [3.8, 4) is 0 Å². The maximum Gasteiger partial charge on any atom is 0.270 e. The van der Waals surface area contributed by atoms with Crippen molar-refractivity contribution in [2.45, 2.75) is 33.7 Å². The lowest BCUT2D eigenvalue weighted by Gasteiger charge is -2.44. The molecular weight excluding hydrogens is 414 g/mol. The van der Waals surface area contributed by atoms with Crippen LogP contribution in [-0.2, 0) is 0 Å². The van der Waals surface area contributed by atoms with Crippen LogP contribution in [0.3, 0.4) is 0 Å². The molecule has 0 saturated carbocycles. The summed E-state index contributed by atoms with van der Waals surface area (Å²) < 4.78 is 0. The Morgan fingerprint density at radius 2 is 2.03 bits per heavy atom. The summed E-state index contributed by atoms with van der Waals surface area (Å²) in [5.41, 5.74) is 3.94. The number of hydrogen-bond donors (Lipinski definition) is 2. The van der Waals surface area contributed by atoms with Gasteiger partial charge in [-0.25, -0.2) is 9.97 Å². The quantitative estimate of drug-likeness (QED) is 0.504. The molecule has 172 valence electrons. The van der Waals surface area contributed by atoms with E-state index in [1.807, 2.05) is 55.2 Å². The minimum absolute atomic E-state index is 0.0514. The normalized spacial score (nSPS) is 14.9. The fraction of sp³-hybridized carbons (Fsp3) is 0.360. The van der Waals surface area contributed by atoms with Gasteiger partial charge in [0.05, 0.1) is 11.4 Å². The lowest BCUT2D eigenvalue weighted by atomic mass is 10.1. The van der Waals surface area contributed by atoms with Gasteiger partial charge in [-0.15, -0.1) is 0 Å². The minimum Gasteiger partial charge on any atom is -0.351 e. The molecule has 1 aliphatic rings. The number of likely N-dealkylation sites (tertiary alicyclic amines) is 1. The van der Waals surface area contributed by atoms with Crippen molar-refractivity contribution in [1.29, 1.82) is 0 Å². The molecule has 0 unspecified atom stereocenters. The number of nitrogens with zero attached hydrogens (tertiary/aromatic N) is 5. The summed E-state index contributed by atoms with van der Waals surface area (Å²) in [4.78, 5) is 33.7. The van der Waals surface area contributed by atoms with Gasteiger partial charge in [-0.2, -0.15) is 0 Å². The molecule has 1 aromatic carbocycles. The fourth-order valence-electron chi connectivity index (χ4n) is 4.21. The van der Waals surface area contributed by atoms with E-state index in [1.54, 1.807) is 12.4 Å². The minimum atomic E-state index is 0.0514. The van der Waals surface area contributed by atoms with Crippen molar-refractivity contribution in [2.75, 3.05) is 31.5 Å². The van der Waals surface area contributed by atoms with Crippen molar-refractivity contribution in [3.05, 3.63) is 54.0 Å². The number of benzene rings is 1. The number of carbonyl (C=O) groups excluding carboxylic acids is 1. The van der Waals surface area contributed by atoms with E-state index in [0.717, 1.165) is 54.2 Å². The van der Waals surface area contributed by atoms with Gasteiger partial charge in [-0.3, -0.25) is 14.7 Å². The Morgan fingerprint density at radius 3 is 2.73 bits per heavy atom. The number of hydrogen-bond acceptors (Lipinski definition) is 6. The van der Waals surface area contributed by atoms with Gasteiger partial charge in [0.2, 0.25) is 5.95 Å². The van der Waals surface area contributed by atoms with E-state index in [0.29, 0.717) is 17.7 Å². The third-order valence-corrected chi connectivity index (χ3v) is 6.05. The van der Waals surface area contributed by atoms with Gasteiger partial charge >= 0.3 is 0 Å². The number of rotatable bonds is 8. The van der Waals surface area contributed by atoms with E-state index in [9.17, 15) is 4.79 Å². The van der Waals surface area contributed by atoms with Crippen molar-refractivity contribution < 1.29 is 4.79 Å². The molecule has 1 saturated heterocycles. The number of H-pyrrole nitrogens is 1. The van der Waals surface area contributed by atoms with Crippen molar-refractivity contribution in [1.82, 2.24) is 24.8 Å². The van der Waals surface area contributed by atoms with E-state index in [4.69, 9.17) is 0 Å². The lowest BCUT2D eigenvalue weighted by Crippen LogP contribution is -2.61. The molecule has 8 nitrogen and oxygen atoms in total. The molecule has 2 aromatic heterocycles. The summed E-state index contributed by atoms with van der Waals surface area (Å²) in [6.45, 7) is 11.7. The van der Waals surface area contributed by atoms with Crippen LogP contribution >= 0.6 is 0 Å². The van der Waals surface area contributed by atoms with Gasteiger partial charge in [0, 0.05) is 48.1 Å². The number of likely N-dealkylation sites (N-methyl/N-ethyl adjacent to an activating group) is 1. The number of fused-ring (bicyclic) bond motifs is 1. The highest BCUT2D eigenvalue weighted by atomic mass is 16.2. The largest absolute Gasteiger partial charge is 0.351 e.